The van der Waals surface area contributed by atoms with Crippen molar-refractivity contribution in [2.75, 3.05) is 6.61 Å². The van der Waals surface area contributed by atoms with Crippen LogP contribution in [0.15, 0.2) is 42.5 Å². The summed E-state index contributed by atoms with van der Waals surface area (Å²) in [5, 5.41) is 0. The maximum absolute atomic E-state index is 5.64. The Hall–Kier alpha value is -1.76. The Morgan fingerprint density at radius 3 is 2.71 bits per heavy atom. The Bertz CT molecular complexity index is 448. The second kappa shape index (κ2) is 6.09. The standard InChI is InChI=1S/C16H16O/c1-2-3-12-17-16-11-7-10-15(13-16)14-8-5-4-6-9-14/h4-8,10-11H,2-3,12H2,1H3. The lowest BCUT2D eigenvalue weighted by atomic mass is 10.1. The van der Waals surface area contributed by atoms with Crippen LogP contribution in [0, 0.1) is 12.1 Å². The molecule has 0 heterocycles. The van der Waals surface area contributed by atoms with Crippen molar-refractivity contribution in [1.82, 2.24) is 0 Å². The molecule has 0 spiro atoms. The average Bonchev–Trinajstić information content (AvgIpc) is 2.41. The summed E-state index contributed by atoms with van der Waals surface area (Å²) >= 11 is 0. The highest BCUT2D eigenvalue weighted by Crippen LogP contribution is 2.22. The van der Waals surface area contributed by atoms with E-state index in [9.17, 15) is 0 Å². The van der Waals surface area contributed by atoms with Crippen LogP contribution in [0.4, 0.5) is 0 Å². The van der Waals surface area contributed by atoms with Crippen molar-refractivity contribution in [1.29, 1.82) is 0 Å². The third-order valence-electron chi connectivity index (χ3n) is 2.52. The highest BCUT2D eigenvalue weighted by molar-refractivity contribution is 5.63. The van der Waals surface area contributed by atoms with Crippen molar-refractivity contribution in [3.8, 4) is 16.9 Å². The highest BCUT2D eigenvalue weighted by atomic mass is 16.5. The molecule has 0 saturated carbocycles. The molecule has 1 heteroatoms. The first-order valence-electron chi connectivity index (χ1n) is 6.02. The highest BCUT2D eigenvalue weighted by Gasteiger charge is 2.00. The van der Waals surface area contributed by atoms with E-state index in [4.69, 9.17) is 4.74 Å². The van der Waals surface area contributed by atoms with Crippen LogP contribution in [0.2, 0.25) is 0 Å². The van der Waals surface area contributed by atoms with Crippen LogP contribution >= 0.6 is 0 Å². The van der Waals surface area contributed by atoms with E-state index < -0.39 is 0 Å². The minimum atomic E-state index is 0.759. The molecule has 86 valence electrons. The number of benzene rings is 2. The fourth-order valence-corrected chi connectivity index (χ4v) is 1.58. The number of rotatable bonds is 5. The molecule has 0 bridgehead atoms. The first-order chi connectivity index (χ1) is 8.40. The average molecular weight is 224 g/mol. The van der Waals surface area contributed by atoms with E-state index in [-0.39, 0.29) is 0 Å². The minimum absolute atomic E-state index is 0.759. The largest absolute Gasteiger partial charge is 0.493 e. The molecule has 0 aliphatic heterocycles. The van der Waals surface area contributed by atoms with Crippen molar-refractivity contribution < 1.29 is 4.74 Å². The van der Waals surface area contributed by atoms with Gasteiger partial charge < -0.3 is 4.74 Å². The molecule has 0 fully saturated rings. The van der Waals surface area contributed by atoms with E-state index >= 15 is 0 Å². The summed E-state index contributed by atoms with van der Waals surface area (Å²) in [6.07, 6.45) is 2.22. The monoisotopic (exact) mass is 224 g/mol. The van der Waals surface area contributed by atoms with Crippen molar-refractivity contribution in [3.05, 3.63) is 54.6 Å². The molecule has 0 saturated heterocycles. The summed E-state index contributed by atoms with van der Waals surface area (Å²) in [6, 6.07) is 20.3. The third-order valence-corrected chi connectivity index (χ3v) is 2.52. The maximum atomic E-state index is 5.64. The summed E-state index contributed by atoms with van der Waals surface area (Å²) in [5.41, 5.74) is 2.08. The van der Waals surface area contributed by atoms with Gasteiger partial charge in [0.05, 0.1) is 6.61 Å². The molecule has 2 rings (SSSR count). The molecule has 0 N–H and O–H groups in total. The van der Waals surface area contributed by atoms with Gasteiger partial charge in [0.25, 0.3) is 0 Å². The number of unbranched alkanes of at least 4 members (excludes halogenated alkanes) is 1. The van der Waals surface area contributed by atoms with Crippen LogP contribution in [0.3, 0.4) is 0 Å². The number of ether oxygens (including phenoxy) is 1. The molecule has 0 unspecified atom stereocenters. The van der Waals surface area contributed by atoms with Crippen LogP contribution in [0.5, 0.6) is 5.75 Å². The molecule has 0 aliphatic carbocycles. The smallest absolute Gasteiger partial charge is 0.127 e. The van der Waals surface area contributed by atoms with Gasteiger partial charge in [-0.3, -0.25) is 0 Å². The molecule has 1 nitrogen and oxygen atoms in total. The summed E-state index contributed by atoms with van der Waals surface area (Å²) in [4.78, 5) is 0. The molecule has 0 aromatic heterocycles. The Morgan fingerprint density at radius 2 is 1.94 bits per heavy atom. The summed E-state index contributed by atoms with van der Waals surface area (Å²) in [7, 11) is 0. The van der Waals surface area contributed by atoms with E-state index in [1.165, 1.54) is 0 Å². The number of hydrogen-bond donors (Lipinski definition) is 0. The summed E-state index contributed by atoms with van der Waals surface area (Å²) in [5.74, 6) is 0.813. The van der Waals surface area contributed by atoms with Crippen LogP contribution in [-0.2, 0) is 0 Å². The Morgan fingerprint density at radius 1 is 1.06 bits per heavy atom. The van der Waals surface area contributed by atoms with E-state index in [0.29, 0.717) is 0 Å². The third kappa shape index (κ3) is 3.35. The van der Waals surface area contributed by atoms with Crippen LogP contribution < -0.4 is 4.74 Å². The molecule has 2 radical (unpaired) electrons. The zero-order valence-corrected chi connectivity index (χ0v) is 10.1. The van der Waals surface area contributed by atoms with Gasteiger partial charge in [0, 0.05) is 6.07 Å². The first-order valence-corrected chi connectivity index (χ1v) is 6.02. The van der Waals surface area contributed by atoms with Crippen molar-refractivity contribution >= 4 is 0 Å². The van der Waals surface area contributed by atoms with Crippen molar-refractivity contribution in [3.63, 3.8) is 0 Å². The number of hydrogen-bond acceptors (Lipinski definition) is 1. The SMILES string of the molecule is CCCCOc1[c]c(-c2[c]cccc2)ccc1. The molecular formula is C16H16O. The van der Waals surface area contributed by atoms with Crippen LogP contribution in [0.25, 0.3) is 11.1 Å². The Balaban J connectivity index is 2.12. The fourth-order valence-electron chi connectivity index (χ4n) is 1.58. The van der Waals surface area contributed by atoms with E-state index in [1.807, 2.05) is 42.5 Å². The van der Waals surface area contributed by atoms with Crippen LogP contribution in [0.1, 0.15) is 19.8 Å². The molecular weight excluding hydrogens is 208 g/mol. The Kier molecular flexibility index (Phi) is 4.20. The molecule has 2 aromatic carbocycles. The van der Waals surface area contributed by atoms with E-state index in [2.05, 4.69) is 19.1 Å². The lowest BCUT2D eigenvalue weighted by molar-refractivity contribution is 0.309. The van der Waals surface area contributed by atoms with Gasteiger partial charge in [0.15, 0.2) is 0 Å². The zero-order chi connectivity index (χ0) is 11.9. The predicted octanol–water partition coefficient (Wildman–Crippen LogP) is 4.13. The normalized spacial score (nSPS) is 10.2. The van der Waals surface area contributed by atoms with Gasteiger partial charge in [-0.1, -0.05) is 49.7 Å². The van der Waals surface area contributed by atoms with Gasteiger partial charge in [0.2, 0.25) is 0 Å². The molecule has 0 atom stereocenters. The summed E-state index contributed by atoms with van der Waals surface area (Å²) in [6.45, 7) is 2.91. The fraction of sp³-hybridized carbons (Fsp3) is 0.250. The second-order valence-corrected chi connectivity index (χ2v) is 3.91. The molecule has 2 aromatic rings. The first kappa shape index (κ1) is 11.7. The van der Waals surface area contributed by atoms with Gasteiger partial charge in [0.1, 0.15) is 5.75 Å². The van der Waals surface area contributed by atoms with E-state index in [1.54, 1.807) is 0 Å². The molecule has 0 aliphatic rings. The lowest BCUT2D eigenvalue weighted by Crippen LogP contribution is -1.96. The van der Waals surface area contributed by atoms with Gasteiger partial charge in [-0.2, -0.15) is 0 Å². The van der Waals surface area contributed by atoms with Crippen LogP contribution in [-0.4, -0.2) is 6.61 Å². The van der Waals surface area contributed by atoms with Gasteiger partial charge in [-0.25, -0.2) is 0 Å². The lowest BCUT2D eigenvalue weighted by Gasteiger charge is -2.06. The topological polar surface area (TPSA) is 9.23 Å². The second-order valence-electron chi connectivity index (χ2n) is 3.91. The Labute approximate surface area is 103 Å². The van der Waals surface area contributed by atoms with Gasteiger partial charge in [-0.05, 0) is 29.7 Å². The summed E-state index contributed by atoms with van der Waals surface area (Å²) < 4.78 is 5.64. The predicted molar refractivity (Wildman–Crippen MR) is 70.0 cm³/mol. The quantitative estimate of drug-likeness (QED) is 0.694. The van der Waals surface area contributed by atoms with Crippen molar-refractivity contribution in [2.45, 2.75) is 19.8 Å². The molecule has 0 amide bonds. The maximum Gasteiger partial charge on any atom is 0.127 e. The van der Waals surface area contributed by atoms with Gasteiger partial charge >= 0.3 is 0 Å². The minimum Gasteiger partial charge on any atom is -0.493 e. The zero-order valence-electron chi connectivity index (χ0n) is 10.1. The molecule has 17 heavy (non-hydrogen) atoms. The van der Waals surface area contributed by atoms with Gasteiger partial charge in [-0.15, -0.1) is 0 Å². The van der Waals surface area contributed by atoms with E-state index in [0.717, 1.165) is 36.3 Å². The van der Waals surface area contributed by atoms with Crippen molar-refractivity contribution in [2.24, 2.45) is 0 Å².